The Morgan fingerprint density at radius 3 is 2.48 bits per heavy atom. The Labute approximate surface area is 151 Å². The molecule has 3 aromatic heterocycles. The number of anilines is 2. The first-order chi connectivity index (χ1) is 12.6. The number of imidazole rings is 1. The summed E-state index contributed by atoms with van der Waals surface area (Å²) in [5.41, 5.74) is 5.29. The molecule has 0 unspecified atom stereocenters. The number of alkyl halides is 3. The minimum atomic E-state index is -4.64. The predicted molar refractivity (Wildman–Crippen MR) is 92.1 cm³/mol. The van der Waals surface area contributed by atoms with Crippen molar-refractivity contribution in [3.05, 3.63) is 41.9 Å². The van der Waals surface area contributed by atoms with Crippen molar-refractivity contribution >= 4 is 29.0 Å². The van der Waals surface area contributed by atoms with Crippen molar-refractivity contribution in [2.75, 3.05) is 11.1 Å². The summed E-state index contributed by atoms with van der Waals surface area (Å²) in [6.07, 6.45) is -1.97. The summed E-state index contributed by atoms with van der Waals surface area (Å²) in [4.78, 5) is 31.1. The standard InChI is InChI=1S/C17H14F3N5O2/c1-8(26)14-16(23-9(2)27)24-13-4-3-10(7-25(13)14)11-5-12(17(18,19)20)15(21)22-6-11/h3-7H,1-2H3,(H2,21,22)(H,23,27). The number of hydrogen-bond acceptors (Lipinski definition) is 5. The third-order valence-electron chi connectivity index (χ3n) is 3.80. The van der Waals surface area contributed by atoms with Crippen molar-refractivity contribution in [1.29, 1.82) is 0 Å². The number of Topliss-reactive ketones (excluding diaryl/α,β-unsaturated/α-hetero) is 1. The second-order valence-electron chi connectivity index (χ2n) is 5.85. The summed E-state index contributed by atoms with van der Waals surface area (Å²) >= 11 is 0. The van der Waals surface area contributed by atoms with E-state index in [1.165, 1.54) is 42.8 Å². The molecule has 0 aliphatic rings. The van der Waals surface area contributed by atoms with Crippen LogP contribution in [0.3, 0.4) is 0 Å². The minimum absolute atomic E-state index is 0.0820. The molecule has 0 saturated carbocycles. The number of halogens is 3. The SMILES string of the molecule is CC(=O)Nc1nc2ccc(-c3cnc(N)c(C(F)(F)F)c3)cn2c1C(C)=O. The van der Waals surface area contributed by atoms with E-state index in [9.17, 15) is 22.8 Å². The van der Waals surface area contributed by atoms with Crippen LogP contribution < -0.4 is 11.1 Å². The van der Waals surface area contributed by atoms with Gasteiger partial charge in [-0.05, 0) is 18.2 Å². The zero-order chi connectivity index (χ0) is 19.9. The number of amides is 1. The van der Waals surface area contributed by atoms with Crippen LogP contribution in [0, 0.1) is 0 Å². The van der Waals surface area contributed by atoms with Crippen LogP contribution in [0.15, 0.2) is 30.6 Å². The van der Waals surface area contributed by atoms with Gasteiger partial charge in [0.25, 0.3) is 0 Å². The van der Waals surface area contributed by atoms with E-state index in [-0.39, 0.29) is 22.9 Å². The fourth-order valence-corrected chi connectivity index (χ4v) is 2.67. The largest absolute Gasteiger partial charge is 0.419 e. The zero-order valence-corrected chi connectivity index (χ0v) is 14.3. The molecule has 3 rings (SSSR count). The molecule has 0 aliphatic carbocycles. The van der Waals surface area contributed by atoms with E-state index in [2.05, 4.69) is 15.3 Å². The Bertz CT molecular complexity index is 1070. The van der Waals surface area contributed by atoms with Gasteiger partial charge in [-0.3, -0.25) is 14.0 Å². The zero-order valence-electron chi connectivity index (χ0n) is 14.3. The van der Waals surface area contributed by atoms with Gasteiger partial charge < -0.3 is 11.1 Å². The summed E-state index contributed by atoms with van der Waals surface area (Å²) in [7, 11) is 0. The average Bonchev–Trinajstić information content (AvgIpc) is 2.90. The molecule has 0 bridgehead atoms. The number of nitrogens with one attached hydrogen (secondary N) is 1. The van der Waals surface area contributed by atoms with Crippen molar-refractivity contribution in [3.63, 3.8) is 0 Å². The quantitative estimate of drug-likeness (QED) is 0.683. The topological polar surface area (TPSA) is 102 Å². The first kappa shape index (κ1) is 18.4. The molecule has 3 N–H and O–H groups in total. The van der Waals surface area contributed by atoms with Crippen LogP contribution in [0.1, 0.15) is 29.9 Å². The molecule has 27 heavy (non-hydrogen) atoms. The van der Waals surface area contributed by atoms with E-state index in [0.717, 1.165) is 6.07 Å². The number of pyridine rings is 2. The summed E-state index contributed by atoms with van der Waals surface area (Å²) in [6.45, 7) is 2.58. The van der Waals surface area contributed by atoms with Gasteiger partial charge in [-0.25, -0.2) is 9.97 Å². The molecule has 1 amide bonds. The highest BCUT2D eigenvalue weighted by Gasteiger charge is 2.34. The lowest BCUT2D eigenvalue weighted by Gasteiger charge is -2.11. The summed E-state index contributed by atoms with van der Waals surface area (Å²) in [5, 5.41) is 2.47. The van der Waals surface area contributed by atoms with E-state index in [0.29, 0.717) is 11.2 Å². The van der Waals surface area contributed by atoms with Gasteiger partial charge in [0.15, 0.2) is 11.6 Å². The number of nitrogen functional groups attached to an aromatic ring is 1. The fourth-order valence-electron chi connectivity index (χ4n) is 2.67. The third-order valence-corrected chi connectivity index (χ3v) is 3.80. The Morgan fingerprint density at radius 1 is 1.19 bits per heavy atom. The van der Waals surface area contributed by atoms with Crippen molar-refractivity contribution in [3.8, 4) is 11.1 Å². The number of carbonyl (C=O) groups excluding carboxylic acids is 2. The van der Waals surface area contributed by atoms with Crippen LogP contribution in [0.4, 0.5) is 24.8 Å². The molecule has 0 aliphatic heterocycles. The van der Waals surface area contributed by atoms with Crippen LogP contribution in [-0.2, 0) is 11.0 Å². The molecule has 0 radical (unpaired) electrons. The van der Waals surface area contributed by atoms with Gasteiger partial charge >= 0.3 is 6.18 Å². The monoisotopic (exact) mass is 377 g/mol. The maximum atomic E-state index is 13.1. The first-order valence-corrected chi connectivity index (χ1v) is 7.71. The lowest BCUT2D eigenvalue weighted by atomic mass is 10.1. The smallest absolute Gasteiger partial charge is 0.383 e. The average molecular weight is 377 g/mol. The number of nitrogens with two attached hydrogens (primary N) is 1. The van der Waals surface area contributed by atoms with Gasteiger partial charge in [-0.15, -0.1) is 0 Å². The number of nitrogens with zero attached hydrogens (tertiary/aromatic N) is 3. The van der Waals surface area contributed by atoms with E-state index < -0.39 is 23.5 Å². The van der Waals surface area contributed by atoms with Crippen LogP contribution in [0.5, 0.6) is 0 Å². The molecule has 0 saturated heterocycles. The Kier molecular flexibility index (Phi) is 4.34. The van der Waals surface area contributed by atoms with Crippen LogP contribution >= 0.6 is 0 Å². The van der Waals surface area contributed by atoms with E-state index >= 15 is 0 Å². The maximum absolute atomic E-state index is 13.1. The van der Waals surface area contributed by atoms with E-state index in [4.69, 9.17) is 5.73 Å². The highest BCUT2D eigenvalue weighted by atomic mass is 19.4. The highest BCUT2D eigenvalue weighted by Crippen LogP contribution is 2.35. The molecular weight excluding hydrogens is 363 g/mol. The van der Waals surface area contributed by atoms with Crippen molar-refractivity contribution in [1.82, 2.24) is 14.4 Å². The van der Waals surface area contributed by atoms with E-state index in [1.54, 1.807) is 0 Å². The molecule has 0 fully saturated rings. The lowest BCUT2D eigenvalue weighted by molar-refractivity contribution is -0.137. The molecule has 0 spiro atoms. The van der Waals surface area contributed by atoms with Gasteiger partial charge in [-0.1, -0.05) is 0 Å². The summed E-state index contributed by atoms with van der Waals surface area (Å²) < 4.78 is 40.6. The van der Waals surface area contributed by atoms with E-state index in [1.807, 2.05) is 0 Å². The van der Waals surface area contributed by atoms with Gasteiger partial charge in [0, 0.05) is 37.4 Å². The normalized spacial score (nSPS) is 11.6. The predicted octanol–water partition coefficient (Wildman–Crippen LogP) is 3.16. The number of rotatable bonds is 3. The molecule has 140 valence electrons. The van der Waals surface area contributed by atoms with Crippen LogP contribution in [0.25, 0.3) is 16.8 Å². The van der Waals surface area contributed by atoms with Crippen molar-refractivity contribution in [2.45, 2.75) is 20.0 Å². The van der Waals surface area contributed by atoms with Gasteiger partial charge in [-0.2, -0.15) is 13.2 Å². The molecular formula is C17H14F3N5O2. The number of fused-ring (bicyclic) bond motifs is 1. The van der Waals surface area contributed by atoms with Gasteiger partial charge in [0.1, 0.15) is 17.2 Å². The van der Waals surface area contributed by atoms with Crippen molar-refractivity contribution in [2.24, 2.45) is 0 Å². The second-order valence-corrected chi connectivity index (χ2v) is 5.85. The molecule has 0 atom stereocenters. The lowest BCUT2D eigenvalue weighted by Crippen LogP contribution is -2.11. The Balaban J connectivity index is 2.19. The third kappa shape index (κ3) is 3.46. The second kappa shape index (κ2) is 6.38. The molecule has 0 aromatic carbocycles. The molecule has 3 heterocycles. The number of carbonyl (C=O) groups is 2. The summed E-state index contributed by atoms with van der Waals surface area (Å²) in [5.74, 6) is -1.31. The Hall–Kier alpha value is -3.43. The maximum Gasteiger partial charge on any atom is 0.419 e. The first-order valence-electron chi connectivity index (χ1n) is 7.71. The number of hydrogen-bond donors (Lipinski definition) is 2. The minimum Gasteiger partial charge on any atom is -0.383 e. The van der Waals surface area contributed by atoms with Gasteiger partial charge in [0.2, 0.25) is 5.91 Å². The summed E-state index contributed by atoms with van der Waals surface area (Å²) in [6, 6.07) is 3.95. The molecule has 10 heteroatoms. The molecule has 7 nitrogen and oxygen atoms in total. The van der Waals surface area contributed by atoms with Crippen molar-refractivity contribution < 1.29 is 22.8 Å². The van der Waals surface area contributed by atoms with Gasteiger partial charge in [0.05, 0.1) is 5.56 Å². The number of ketones is 1. The van der Waals surface area contributed by atoms with Crippen LogP contribution in [-0.4, -0.2) is 26.1 Å². The highest BCUT2D eigenvalue weighted by molar-refractivity contribution is 6.02. The van der Waals surface area contributed by atoms with Crippen LogP contribution in [0.2, 0.25) is 0 Å². The fraction of sp³-hybridized carbons (Fsp3) is 0.176. The Morgan fingerprint density at radius 2 is 1.89 bits per heavy atom. The number of aromatic nitrogens is 3. The molecule has 3 aromatic rings.